The van der Waals surface area contributed by atoms with Gasteiger partial charge in [0.2, 0.25) is 5.96 Å². The number of rotatable bonds is 2. The molecule has 3 aliphatic rings. The highest BCUT2D eigenvalue weighted by Gasteiger charge is 2.61. The van der Waals surface area contributed by atoms with Gasteiger partial charge in [-0.1, -0.05) is 20.8 Å². The predicted molar refractivity (Wildman–Crippen MR) is 120 cm³/mol. The number of aliphatic imine (C=N–C) groups is 1. The van der Waals surface area contributed by atoms with Gasteiger partial charge in [-0.05, 0) is 54.2 Å². The molecule has 29 heavy (non-hydrogen) atoms. The Bertz CT molecular complexity index is 1010. The van der Waals surface area contributed by atoms with Crippen LogP contribution in [0.4, 0.5) is 0 Å². The van der Waals surface area contributed by atoms with Crippen LogP contribution in [0.1, 0.15) is 45.6 Å². The molecule has 156 valence electrons. The summed E-state index contributed by atoms with van der Waals surface area (Å²) in [5, 5.41) is 7.42. The van der Waals surface area contributed by atoms with Gasteiger partial charge in [0.15, 0.2) is 0 Å². The minimum absolute atomic E-state index is 0. The molecule has 0 spiro atoms. The first-order valence-electron chi connectivity index (χ1n) is 9.69. The number of hydrogen-bond acceptors (Lipinski definition) is 4. The van der Waals surface area contributed by atoms with Crippen LogP contribution in [0.3, 0.4) is 0 Å². The third-order valence-electron chi connectivity index (χ3n) is 7.58. The molecule has 2 saturated carbocycles. The van der Waals surface area contributed by atoms with Crippen LogP contribution < -0.4 is 10.6 Å². The van der Waals surface area contributed by atoms with Crippen molar-refractivity contribution >= 4 is 53.8 Å². The van der Waals surface area contributed by atoms with E-state index in [9.17, 15) is 4.79 Å². The molecule has 0 radical (unpaired) electrons. The molecular weight excluding hydrogens is 409 g/mol. The number of pyridine rings is 1. The van der Waals surface area contributed by atoms with Gasteiger partial charge < -0.3 is 10.3 Å². The highest BCUT2D eigenvalue weighted by atomic mass is 35.5. The summed E-state index contributed by atoms with van der Waals surface area (Å²) in [4.78, 5) is 24.4. The van der Waals surface area contributed by atoms with E-state index >= 15 is 0 Å². The average Bonchev–Trinajstić information content (AvgIpc) is 3.30. The summed E-state index contributed by atoms with van der Waals surface area (Å²) in [6, 6.07) is 4.22. The van der Waals surface area contributed by atoms with Gasteiger partial charge in [-0.3, -0.25) is 10.1 Å². The summed E-state index contributed by atoms with van der Waals surface area (Å²) < 4.78 is 0. The van der Waals surface area contributed by atoms with Crippen molar-refractivity contribution in [1.29, 1.82) is 0 Å². The fourth-order valence-corrected chi connectivity index (χ4v) is 5.37. The smallest absolute Gasteiger partial charge is 0.276 e. The van der Waals surface area contributed by atoms with Crippen molar-refractivity contribution in [3.8, 4) is 0 Å². The Balaban J connectivity index is 0.00000120. The maximum atomic E-state index is 12.4. The first-order valence-corrected chi connectivity index (χ1v) is 9.69. The van der Waals surface area contributed by atoms with Crippen molar-refractivity contribution in [3.63, 3.8) is 0 Å². The second-order valence-corrected chi connectivity index (χ2v) is 8.90. The number of aromatic nitrogens is 2. The Morgan fingerprint density at radius 2 is 2.07 bits per heavy atom. The van der Waals surface area contributed by atoms with Gasteiger partial charge in [0.1, 0.15) is 11.3 Å². The molecule has 2 aromatic rings. The number of guanidine groups is 1. The molecule has 1 amide bonds. The lowest BCUT2D eigenvalue weighted by atomic mass is 9.69. The van der Waals surface area contributed by atoms with E-state index < -0.39 is 0 Å². The van der Waals surface area contributed by atoms with Crippen molar-refractivity contribution < 1.29 is 4.79 Å². The Hall–Kier alpha value is -2.05. The molecule has 8 heteroatoms. The predicted octanol–water partition coefficient (Wildman–Crippen LogP) is 4.04. The molecule has 6 nitrogen and oxygen atoms in total. The van der Waals surface area contributed by atoms with E-state index in [2.05, 4.69) is 46.4 Å². The van der Waals surface area contributed by atoms with Crippen molar-refractivity contribution in [2.45, 2.75) is 46.1 Å². The summed E-state index contributed by atoms with van der Waals surface area (Å²) in [7, 11) is 0. The zero-order valence-corrected chi connectivity index (χ0v) is 18.4. The first-order chi connectivity index (χ1) is 12.9. The molecule has 2 aliphatic carbocycles. The molecule has 2 aromatic heterocycles. The van der Waals surface area contributed by atoms with Crippen molar-refractivity contribution in [1.82, 2.24) is 20.6 Å². The van der Waals surface area contributed by atoms with Gasteiger partial charge >= 0.3 is 0 Å². The third-order valence-corrected chi connectivity index (χ3v) is 7.58. The first kappa shape index (κ1) is 21.7. The zero-order chi connectivity index (χ0) is 18.8. The SMILES string of the molecule is CC1(C)[C@@H]2CC[C@@]1(C)[C@@H](NC1=N/C(=C\c3c[nH]c4ncccc34)C(=O)N1)C2.Cl.Cl. The number of nitrogens with zero attached hydrogens (tertiary/aromatic N) is 2. The maximum Gasteiger partial charge on any atom is 0.276 e. The van der Waals surface area contributed by atoms with Crippen molar-refractivity contribution in [2.75, 3.05) is 0 Å². The molecule has 3 atom stereocenters. The number of carbonyl (C=O) groups excluding carboxylic acids is 1. The second kappa shape index (κ2) is 7.33. The Morgan fingerprint density at radius 3 is 2.76 bits per heavy atom. The monoisotopic (exact) mass is 435 g/mol. The van der Waals surface area contributed by atoms with Crippen LogP contribution in [0.25, 0.3) is 17.1 Å². The summed E-state index contributed by atoms with van der Waals surface area (Å²) in [5.74, 6) is 1.16. The minimum atomic E-state index is -0.164. The van der Waals surface area contributed by atoms with Crippen LogP contribution >= 0.6 is 24.8 Å². The molecule has 1 aliphatic heterocycles. The molecular formula is C21H27Cl2N5O. The van der Waals surface area contributed by atoms with E-state index in [0.717, 1.165) is 28.9 Å². The minimum Gasteiger partial charge on any atom is -0.352 e. The fourth-order valence-electron chi connectivity index (χ4n) is 5.37. The number of hydrogen-bond donors (Lipinski definition) is 3. The third kappa shape index (κ3) is 3.13. The van der Waals surface area contributed by atoms with Crippen LogP contribution in [0.5, 0.6) is 0 Å². The molecule has 5 rings (SSSR count). The average molecular weight is 436 g/mol. The Kier molecular flexibility index (Phi) is 5.47. The standard InChI is InChI=1S/C21H25N5O.2ClH/c1-20(2)13-6-7-21(20,3)16(10-13)25-19-24-15(18(27)26-19)9-12-11-23-17-14(12)5-4-8-22-17;;/h4-5,8-9,11,13,16H,6-7,10H2,1-3H3,(H,22,23)(H2,24,25,26,27);2*1H/b15-9-;;/t13-,16+,21+;;/m1../s1. The largest absolute Gasteiger partial charge is 0.352 e. The number of halogens is 2. The highest BCUT2D eigenvalue weighted by molar-refractivity contribution is 6.14. The Labute approximate surface area is 182 Å². The molecule has 0 aromatic carbocycles. The van der Waals surface area contributed by atoms with E-state index in [1.54, 1.807) is 6.20 Å². The van der Waals surface area contributed by atoms with E-state index in [-0.39, 0.29) is 36.1 Å². The van der Waals surface area contributed by atoms with Gasteiger partial charge in [-0.2, -0.15) is 0 Å². The lowest BCUT2D eigenvalue weighted by Gasteiger charge is -2.39. The van der Waals surface area contributed by atoms with Crippen LogP contribution in [-0.2, 0) is 4.79 Å². The number of amides is 1. The number of carbonyl (C=O) groups is 1. The number of aromatic amines is 1. The van der Waals surface area contributed by atoms with Crippen LogP contribution in [-0.4, -0.2) is 27.9 Å². The molecule has 2 bridgehead atoms. The van der Waals surface area contributed by atoms with Crippen molar-refractivity contribution in [2.24, 2.45) is 21.7 Å². The summed E-state index contributed by atoms with van der Waals surface area (Å²) in [5.41, 5.74) is 2.71. The summed E-state index contributed by atoms with van der Waals surface area (Å²) in [6.45, 7) is 7.15. The van der Waals surface area contributed by atoms with Crippen LogP contribution in [0.2, 0.25) is 0 Å². The van der Waals surface area contributed by atoms with E-state index in [4.69, 9.17) is 0 Å². The number of H-pyrrole nitrogens is 1. The Morgan fingerprint density at radius 1 is 1.28 bits per heavy atom. The fraction of sp³-hybridized carbons (Fsp3) is 0.476. The molecule has 2 fully saturated rings. The topological polar surface area (TPSA) is 82.2 Å². The van der Waals surface area contributed by atoms with Gasteiger partial charge in [-0.25, -0.2) is 9.98 Å². The second-order valence-electron chi connectivity index (χ2n) is 8.90. The van der Waals surface area contributed by atoms with Crippen LogP contribution in [0, 0.1) is 16.7 Å². The van der Waals surface area contributed by atoms with Crippen LogP contribution in [0.15, 0.2) is 35.2 Å². The number of fused-ring (bicyclic) bond motifs is 3. The van der Waals surface area contributed by atoms with Gasteiger partial charge in [0, 0.05) is 29.4 Å². The summed E-state index contributed by atoms with van der Waals surface area (Å²) >= 11 is 0. The van der Waals surface area contributed by atoms with Gasteiger partial charge in [0.05, 0.1) is 0 Å². The van der Waals surface area contributed by atoms with E-state index in [1.807, 2.05) is 24.4 Å². The van der Waals surface area contributed by atoms with E-state index in [0.29, 0.717) is 23.1 Å². The molecule has 0 saturated heterocycles. The van der Waals surface area contributed by atoms with Crippen molar-refractivity contribution in [3.05, 3.63) is 35.8 Å². The normalized spacial score (nSPS) is 30.7. The maximum absolute atomic E-state index is 12.4. The lowest BCUT2D eigenvalue weighted by molar-refractivity contribution is -0.115. The summed E-state index contributed by atoms with van der Waals surface area (Å²) in [6.07, 6.45) is 9.10. The van der Waals surface area contributed by atoms with Gasteiger partial charge in [0.25, 0.3) is 5.91 Å². The van der Waals surface area contributed by atoms with Gasteiger partial charge in [-0.15, -0.1) is 24.8 Å². The zero-order valence-electron chi connectivity index (χ0n) is 16.8. The lowest BCUT2D eigenvalue weighted by Crippen LogP contribution is -2.50. The van der Waals surface area contributed by atoms with E-state index in [1.165, 1.54) is 12.8 Å². The molecule has 3 N–H and O–H groups in total. The quantitative estimate of drug-likeness (QED) is 0.622. The highest BCUT2D eigenvalue weighted by Crippen LogP contribution is 2.65. The molecule has 0 unspecified atom stereocenters. The number of nitrogens with one attached hydrogen (secondary N) is 3. The molecule has 3 heterocycles.